The first kappa shape index (κ1) is 18.5. The third-order valence-corrected chi connectivity index (χ3v) is 3.75. The van der Waals surface area contributed by atoms with Gasteiger partial charge in [-0.05, 0) is 38.0 Å². The summed E-state index contributed by atoms with van der Waals surface area (Å²) < 4.78 is 15.3. The van der Waals surface area contributed by atoms with Gasteiger partial charge in [-0.1, -0.05) is 24.2 Å². The molecule has 1 N–H and O–H groups in total. The van der Waals surface area contributed by atoms with Crippen LogP contribution in [0.15, 0.2) is 28.8 Å². The molecule has 0 aliphatic rings. The summed E-state index contributed by atoms with van der Waals surface area (Å²) in [5.41, 5.74) is 1.72. The number of amides is 1. The number of nitrogens with zero attached hydrogens (tertiary/aromatic N) is 1. The lowest BCUT2D eigenvalue weighted by Crippen LogP contribution is -2.35. The molecular formula is C18H22N2O5. The van der Waals surface area contributed by atoms with E-state index in [1.54, 1.807) is 14.0 Å². The van der Waals surface area contributed by atoms with Gasteiger partial charge in [-0.2, -0.15) is 0 Å². The van der Waals surface area contributed by atoms with Crippen molar-refractivity contribution in [3.05, 3.63) is 46.8 Å². The third kappa shape index (κ3) is 4.59. The van der Waals surface area contributed by atoms with Gasteiger partial charge in [0.1, 0.15) is 17.1 Å². The summed E-state index contributed by atoms with van der Waals surface area (Å²) in [6.45, 7) is 5.35. The molecule has 0 saturated carbocycles. The smallest absolute Gasteiger partial charge is 0.344 e. The summed E-state index contributed by atoms with van der Waals surface area (Å²) in [6.07, 6.45) is -0.385. The minimum Gasteiger partial charge on any atom is -0.497 e. The highest BCUT2D eigenvalue weighted by molar-refractivity contribution is 5.93. The Morgan fingerprint density at radius 3 is 2.56 bits per heavy atom. The minimum absolute atomic E-state index is 0.289. The molecule has 0 saturated heterocycles. The van der Waals surface area contributed by atoms with Gasteiger partial charge in [-0.3, -0.25) is 4.79 Å². The quantitative estimate of drug-likeness (QED) is 0.774. The van der Waals surface area contributed by atoms with E-state index in [0.717, 1.165) is 11.3 Å². The summed E-state index contributed by atoms with van der Waals surface area (Å²) in [5, 5.41) is 6.54. The predicted octanol–water partition coefficient (Wildman–Crippen LogP) is 2.42. The van der Waals surface area contributed by atoms with Gasteiger partial charge in [0.2, 0.25) is 0 Å². The Labute approximate surface area is 146 Å². The number of hydrogen-bond donors (Lipinski definition) is 1. The fourth-order valence-electron chi connectivity index (χ4n) is 2.27. The maximum Gasteiger partial charge on any atom is 0.344 e. The Morgan fingerprint density at radius 2 is 1.96 bits per heavy atom. The lowest BCUT2D eigenvalue weighted by Gasteiger charge is -2.13. The van der Waals surface area contributed by atoms with Crippen LogP contribution in [0.2, 0.25) is 0 Å². The third-order valence-electron chi connectivity index (χ3n) is 3.75. The van der Waals surface area contributed by atoms with E-state index >= 15 is 0 Å². The fourth-order valence-corrected chi connectivity index (χ4v) is 2.27. The standard InChI is InChI=1S/C18H22N2O5/c1-5-15-16(11(2)25-20-15)18(22)24-12(3)17(21)19-10-13-6-8-14(23-4)9-7-13/h6-9,12H,5,10H2,1-4H3,(H,19,21)/t12-/m1/s1. The first-order chi connectivity index (χ1) is 12.0. The SMILES string of the molecule is CCc1noc(C)c1C(=O)O[C@H](C)C(=O)NCc1ccc(OC)cc1. The van der Waals surface area contributed by atoms with E-state index in [1.807, 2.05) is 31.2 Å². The Bertz CT molecular complexity index is 736. The highest BCUT2D eigenvalue weighted by Gasteiger charge is 2.25. The molecule has 0 aliphatic carbocycles. The fraction of sp³-hybridized carbons (Fsp3) is 0.389. The van der Waals surface area contributed by atoms with Gasteiger partial charge in [-0.15, -0.1) is 0 Å². The van der Waals surface area contributed by atoms with Crippen molar-refractivity contribution in [1.29, 1.82) is 0 Å². The molecule has 25 heavy (non-hydrogen) atoms. The van der Waals surface area contributed by atoms with E-state index in [2.05, 4.69) is 10.5 Å². The van der Waals surface area contributed by atoms with E-state index in [0.29, 0.717) is 24.4 Å². The summed E-state index contributed by atoms with van der Waals surface area (Å²) >= 11 is 0. The van der Waals surface area contributed by atoms with E-state index in [4.69, 9.17) is 14.0 Å². The van der Waals surface area contributed by atoms with Gasteiger partial charge >= 0.3 is 5.97 Å². The molecule has 134 valence electrons. The molecule has 7 heteroatoms. The van der Waals surface area contributed by atoms with Crippen molar-refractivity contribution in [2.45, 2.75) is 39.8 Å². The van der Waals surface area contributed by atoms with Crippen molar-refractivity contribution in [3.8, 4) is 5.75 Å². The second-order valence-electron chi connectivity index (χ2n) is 5.53. The molecule has 2 rings (SSSR count). The van der Waals surface area contributed by atoms with E-state index in [-0.39, 0.29) is 11.5 Å². The monoisotopic (exact) mass is 346 g/mol. The lowest BCUT2D eigenvalue weighted by molar-refractivity contribution is -0.129. The van der Waals surface area contributed by atoms with Crippen LogP contribution in [-0.4, -0.2) is 30.2 Å². The van der Waals surface area contributed by atoms with E-state index < -0.39 is 12.1 Å². The van der Waals surface area contributed by atoms with Crippen molar-refractivity contribution in [1.82, 2.24) is 10.5 Å². The number of carbonyl (C=O) groups excluding carboxylic acids is 2. The number of hydrogen-bond acceptors (Lipinski definition) is 6. The van der Waals surface area contributed by atoms with Crippen LogP contribution in [0.4, 0.5) is 0 Å². The average molecular weight is 346 g/mol. The zero-order chi connectivity index (χ0) is 18.4. The molecule has 2 aromatic rings. The average Bonchev–Trinajstić information content (AvgIpc) is 3.00. The minimum atomic E-state index is -0.926. The molecule has 0 aliphatic heterocycles. The second kappa shape index (κ2) is 8.32. The zero-order valence-electron chi connectivity index (χ0n) is 14.8. The van der Waals surface area contributed by atoms with Crippen molar-refractivity contribution >= 4 is 11.9 Å². The maximum absolute atomic E-state index is 12.2. The number of nitrogens with one attached hydrogen (secondary N) is 1. The molecule has 1 atom stereocenters. The van der Waals surface area contributed by atoms with Crippen LogP contribution < -0.4 is 10.1 Å². The highest BCUT2D eigenvalue weighted by Crippen LogP contribution is 2.16. The molecule has 0 fully saturated rings. The van der Waals surface area contributed by atoms with Crippen LogP contribution in [-0.2, 0) is 22.5 Å². The van der Waals surface area contributed by atoms with Crippen molar-refractivity contribution in [2.24, 2.45) is 0 Å². The number of carbonyl (C=O) groups is 2. The van der Waals surface area contributed by atoms with E-state index in [9.17, 15) is 9.59 Å². The van der Waals surface area contributed by atoms with Crippen LogP contribution in [0, 0.1) is 6.92 Å². The summed E-state index contributed by atoms with van der Waals surface area (Å²) in [4.78, 5) is 24.4. The molecular weight excluding hydrogens is 324 g/mol. The molecule has 1 amide bonds. The highest BCUT2D eigenvalue weighted by atomic mass is 16.5. The van der Waals surface area contributed by atoms with Gasteiger partial charge in [0.25, 0.3) is 5.91 Å². The maximum atomic E-state index is 12.2. The van der Waals surface area contributed by atoms with Crippen LogP contribution in [0.1, 0.15) is 41.2 Å². The molecule has 1 aromatic carbocycles. The van der Waals surface area contributed by atoms with Crippen LogP contribution in [0.3, 0.4) is 0 Å². The Morgan fingerprint density at radius 1 is 1.28 bits per heavy atom. The van der Waals surface area contributed by atoms with Gasteiger partial charge < -0.3 is 19.3 Å². The number of ether oxygens (including phenoxy) is 2. The molecule has 0 spiro atoms. The first-order valence-corrected chi connectivity index (χ1v) is 8.03. The molecule has 0 bridgehead atoms. The van der Waals surface area contributed by atoms with Crippen LogP contribution in [0.5, 0.6) is 5.75 Å². The number of methoxy groups -OCH3 is 1. The zero-order valence-corrected chi connectivity index (χ0v) is 14.8. The molecule has 1 heterocycles. The van der Waals surface area contributed by atoms with Gasteiger partial charge in [0.05, 0.1) is 12.8 Å². The number of benzene rings is 1. The summed E-state index contributed by atoms with van der Waals surface area (Å²) in [5.74, 6) is 0.139. The first-order valence-electron chi connectivity index (χ1n) is 8.03. The Kier molecular flexibility index (Phi) is 6.16. The topological polar surface area (TPSA) is 90.7 Å². The normalized spacial score (nSPS) is 11.7. The van der Waals surface area contributed by atoms with Crippen LogP contribution in [0.25, 0.3) is 0 Å². The number of rotatable bonds is 7. The van der Waals surface area contributed by atoms with Gasteiger partial charge in [0.15, 0.2) is 6.10 Å². The van der Waals surface area contributed by atoms with Crippen LogP contribution >= 0.6 is 0 Å². The van der Waals surface area contributed by atoms with Crippen molar-refractivity contribution < 1.29 is 23.6 Å². The van der Waals surface area contributed by atoms with E-state index in [1.165, 1.54) is 6.92 Å². The van der Waals surface area contributed by atoms with Gasteiger partial charge in [-0.25, -0.2) is 4.79 Å². The lowest BCUT2D eigenvalue weighted by atomic mass is 10.1. The summed E-state index contributed by atoms with van der Waals surface area (Å²) in [6, 6.07) is 7.32. The Hall–Kier alpha value is -2.83. The predicted molar refractivity (Wildman–Crippen MR) is 90.3 cm³/mol. The summed E-state index contributed by atoms with van der Waals surface area (Å²) in [7, 11) is 1.59. The molecule has 7 nitrogen and oxygen atoms in total. The Balaban J connectivity index is 1.91. The second-order valence-corrected chi connectivity index (χ2v) is 5.53. The molecule has 0 unspecified atom stereocenters. The largest absolute Gasteiger partial charge is 0.497 e. The molecule has 1 aromatic heterocycles. The van der Waals surface area contributed by atoms with Crippen molar-refractivity contribution in [2.75, 3.05) is 7.11 Å². The van der Waals surface area contributed by atoms with Crippen molar-refractivity contribution in [3.63, 3.8) is 0 Å². The van der Waals surface area contributed by atoms with Gasteiger partial charge in [0, 0.05) is 6.54 Å². The molecule has 0 radical (unpaired) electrons. The number of aryl methyl sites for hydroxylation is 2. The number of aromatic nitrogens is 1. The number of esters is 1.